The summed E-state index contributed by atoms with van der Waals surface area (Å²) < 4.78 is 11.6. The molecule has 138 valence electrons. The van der Waals surface area contributed by atoms with Gasteiger partial charge in [0.05, 0.1) is 0 Å². The molecule has 0 fully saturated rings. The molecule has 0 spiro atoms. The Morgan fingerprint density at radius 3 is 2.26 bits per heavy atom. The molecule has 27 heavy (non-hydrogen) atoms. The molecule has 0 aliphatic heterocycles. The summed E-state index contributed by atoms with van der Waals surface area (Å²) in [6.07, 6.45) is 0.0329. The first kappa shape index (κ1) is 18.5. The zero-order valence-corrected chi connectivity index (χ0v) is 15.5. The first-order valence-electron chi connectivity index (χ1n) is 9.01. The van der Waals surface area contributed by atoms with E-state index in [0.717, 1.165) is 11.3 Å². The molecule has 0 heterocycles. The fraction of sp³-hybridized carbons (Fsp3) is 0.174. The number of hydrogen-bond donors (Lipinski definition) is 1. The van der Waals surface area contributed by atoms with Crippen molar-refractivity contribution in [2.75, 3.05) is 5.32 Å². The summed E-state index contributed by atoms with van der Waals surface area (Å²) in [6.45, 7) is 3.94. The first-order valence-corrected chi connectivity index (χ1v) is 9.01. The third-order valence-electron chi connectivity index (χ3n) is 4.03. The summed E-state index contributed by atoms with van der Waals surface area (Å²) in [7, 11) is 0. The topological polar surface area (TPSA) is 47.6 Å². The highest BCUT2D eigenvalue weighted by molar-refractivity contribution is 5.94. The molecule has 0 radical (unpaired) electrons. The fourth-order valence-corrected chi connectivity index (χ4v) is 2.63. The lowest BCUT2D eigenvalue weighted by atomic mass is 10.2. The van der Waals surface area contributed by atoms with E-state index in [-0.39, 0.29) is 5.91 Å². The third kappa shape index (κ3) is 5.35. The highest BCUT2D eigenvalue weighted by Gasteiger charge is 2.18. The van der Waals surface area contributed by atoms with Crippen LogP contribution in [0.1, 0.15) is 18.9 Å². The van der Waals surface area contributed by atoms with Crippen LogP contribution < -0.4 is 14.8 Å². The van der Waals surface area contributed by atoms with Gasteiger partial charge < -0.3 is 14.8 Å². The highest BCUT2D eigenvalue weighted by atomic mass is 16.5. The summed E-state index contributed by atoms with van der Waals surface area (Å²) in [5, 5.41) is 2.89. The molecule has 1 N–H and O–H groups in total. The first-order chi connectivity index (χ1) is 13.1. The number of carbonyl (C=O) groups is 1. The number of aryl methyl sites for hydroxylation is 1. The number of ether oxygens (including phenoxy) is 2. The van der Waals surface area contributed by atoms with Gasteiger partial charge in [0, 0.05) is 5.69 Å². The minimum atomic E-state index is -0.546. The summed E-state index contributed by atoms with van der Waals surface area (Å²) >= 11 is 0. The van der Waals surface area contributed by atoms with Crippen LogP contribution in [0.15, 0.2) is 78.9 Å². The second-order valence-corrected chi connectivity index (χ2v) is 6.26. The Morgan fingerprint density at radius 2 is 1.59 bits per heavy atom. The molecule has 0 aromatic heterocycles. The van der Waals surface area contributed by atoms with Crippen molar-refractivity contribution in [1.82, 2.24) is 0 Å². The van der Waals surface area contributed by atoms with Crippen molar-refractivity contribution < 1.29 is 14.3 Å². The minimum absolute atomic E-state index is 0.172. The van der Waals surface area contributed by atoms with Gasteiger partial charge in [-0.3, -0.25) is 4.79 Å². The van der Waals surface area contributed by atoms with E-state index in [1.165, 1.54) is 0 Å². The quantitative estimate of drug-likeness (QED) is 0.597. The van der Waals surface area contributed by atoms with Crippen LogP contribution >= 0.6 is 0 Å². The van der Waals surface area contributed by atoms with E-state index in [1.807, 2.05) is 92.7 Å². The normalized spacial score (nSPS) is 11.5. The molecule has 4 nitrogen and oxygen atoms in total. The zero-order chi connectivity index (χ0) is 19.1. The number of carbonyl (C=O) groups excluding carboxylic acids is 1. The van der Waals surface area contributed by atoms with Crippen LogP contribution in [0.5, 0.6) is 17.2 Å². The van der Waals surface area contributed by atoms with Gasteiger partial charge in [-0.2, -0.15) is 0 Å². The molecule has 4 heteroatoms. The van der Waals surface area contributed by atoms with Crippen LogP contribution in [0.3, 0.4) is 0 Å². The molecule has 3 rings (SSSR count). The summed E-state index contributed by atoms with van der Waals surface area (Å²) in [5.41, 5.74) is 1.84. The number of nitrogens with one attached hydrogen (secondary N) is 1. The molecule has 0 saturated heterocycles. The molecular weight excluding hydrogens is 338 g/mol. The predicted molar refractivity (Wildman–Crippen MR) is 107 cm³/mol. The largest absolute Gasteiger partial charge is 0.481 e. The van der Waals surface area contributed by atoms with E-state index in [2.05, 4.69) is 5.32 Å². The van der Waals surface area contributed by atoms with Gasteiger partial charge in [-0.05, 0) is 67.4 Å². The molecule has 0 aliphatic carbocycles. The van der Waals surface area contributed by atoms with Gasteiger partial charge in [0.2, 0.25) is 0 Å². The van der Waals surface area contributed by atoms with Crippen LogP contribution in [0, 0.1) is 6.92 Å². The second kappa shape index (κ2) is 8.90. The van der Waals surface area contributed by atoms with E-state index in [1.54, 1.807) is 0 Å². The SMILES string of the molecule is CC[C@H](Oc1ccccc1)C(=O)Nc1ccc(Oc2cccc(C)c2)cc1. The molecule has 1 amide bonds. The van der Waals surface area contributed by atoms with E-state index in [0.29, 0.717) is 23.6 Å². The Morgan fingerprint density at radius 1 is 0.889 bits per heavy atom. The van der Waals surface area contributed by atoms with E-state index < -0.39 is 6.10 Å². The fourth-order valence-electron chi connectivity index (χ4n) is 2.63. The van der Waals surface area contributed by atoms with Crippen molar-refractivity contribution >= 4 is 11.6 Å². The van der Waals surface area contributed by atoms with E-state index in [4.69, 9.17) is 9.47 Å². The smallest absolute Gasteiger partial charge is 0.265 e. The van der Waals surface area contributed by atoms with E-state index >= 15 is 0 Å². The standard InChI is InChI=1S/C23H23NO3/c1-3-22(27-19-9-5-4-6-10-19)23(25)24-18-12-14-20(15-13-18)26-21-11-7-8-17(2)16-21/h4-16,22H,3H2,1-2H3,(H,24,25)/t22-/m0/s1. The van der Waals surface area contributed by atoms with Crippen molar-refractivity contribution in [2.45, 2.75) is 26.4 Å². The van der Waals surface area contributed by atoms with Crippen LogP contribution in [-0.4, -0.2) is 12.0 Å². The van der Waals surface area contributed by atoms with Gasteiger partial charge in [0.15, 0.2) is 6.10 Å². The van der Waals surface area contributed by atoms with Crippen LogP contribution in [0.2, 0.25) is 0 Å². The van der Waals surface area contributed by atoms with Crippen molar-refractivity contribution in [2.24, 2.45) is 0 Å². The van der Waals surface area contributed by atoms with Crippen LogP contribution in [0.25, 0.3) is 0 Å². The average molecular weight is 361 g/mol. The van der Waals surface area contributed by atoms with Gasteiger partial charge >= 0.3 is 0 Å². The Bertz CT molecular complexity index is 876. The van der Waals surface area contributed by atoms with Gasteiger partial charge in [0.25, 0.3) is 5.91 Å². The number of hydrogen-bond acceptors (Lipinski definition) is 3. The molecular formula is C23H23NO3. The monoisotopic (exact) mass is 361 g/mol. The predicted octanol–water partition coefficient (Wildman–Crippen LogP) is 5.58. The number of rotatable bonds is 7. The zero-order valence-electron chi connectivity index (χ0n) is 15.5. The highest BCUT2D eigenvalue weighted by Crippen LogP contribution is 2.24. The summed E-state index contributed by atoms with van der Waals surface area (Å²) in [6, 6.07) is 24.5. The summed E-state index contributed by atoms with van der Waals surface area (Å²) in [4.78, 5) is 12.5. The van der Waals surface area contributed by atoms with Gasteiger partial charge in [-0.15, -0.1) is 0 Å². The van der Waals surface area contributed by atoms with Gasteiger partial charge in [-0.1, -0.05) is 37.3 Å². The molecule has 0 unspecified atom stereocenters. The Hall–Kier alpha value is -3.27. The molecule has 1 atom stereocenters. The van der Waals surface area contributed by atoms with E-state index in [9.17, 15) is 4.79 Å². The Kier molecular flexibility index (Phi) is 6.10. The number of benzene rings is 3. The van der Waals surface area contributed by atoms with Crippen molar-refractivity contribution in [3.63, 3.8) is 0 Å². The van der Waals surface area contributed by atoms with Crippen LogP contribution in [0.4, 0.5) is 5.69 Å². The second-order valence-electron chi connectivity index (χ2n) is 6.26. The maximum absolute atomic E-state index is 12.5. The Balaban J connectivity index is 1.60. The maximum atomic E-state index is 12.5. The average Bonchev–Trinajstić information content (AvgIpc) is 2.68. The van der Waals surface area contributed by atoms with Gasteiger partial charge in [0.1, 0.15) is 17.2 Å². The lowest BCUT2D eigenvalue weighted by molar-refractivity contribution is -0.122. The maximum Gasteiger partial charge on any atom is 0.265 e. The third-order valence-corrected chi connectivity index (χ3v) is 4.03. The van der Waals surface area contributed by atoms with Crippen molar-refractivity contribution in [3.05, 3.63) is 84.4 Å². The lowest BCUT2D eigenvalue weighted by Gasteiger charge is -2.17. The van der Waals surface area contributed by atoms with Crippen LogP contribution in [-0.2, 0) is 4.79 Å². The molecule has 3 aromatic carbocycles. The van der Waals surface area contributed by atoms with Gasteiger partial charge in [-0.25, -0.2) is 0 Å². The summed E-state index contributed by atoms with van der Waals surface area (Å²) in [5.74, 6) is 2.01. The lowest BCUT2D eigenvalue weighted by Crippen LogP contribution is -2.32. The molecule has 3 aromatic rings. The number of anilines is 1. The number of para-hydroxylation sites is 1. The minimum Gasteiger partial charge on any atom is -0.481 e. The van der Waals surface area contributed by atoms with Crippen molar-refractivity contribution in [1.29, 1.82) is 0 Å². The molecule has 0 bridgehead atoms. The number of amides is 1. The van der Waals surface area contributed by atoms with Crippen molar-refractivity contribution in [3.8, 4) is 17.2 Å². The molecule has 0 saturated carbocycles. The molecule has 0 aliphatic rings. The Labute approximate surface area is 159 Å².